The molecule has 0 aliphatic rings. The molecule has 0 heterocycles. The fraction of sp³-hybridized carbons (Fsp3) is 0.750. The van der Waals surface area contributed by atoms with E-state index in [1.165, 1.54) is 6.92 Å². The van der Waals surface area contributed by atoms with Gasteiger partial charge < -0.3 is 5.11 Å². The molecule has 0 radical (unpaired) electrons. The van der Waals surface area contributed by atoms with Gasteiger partial charge in [0.25, 0.3) is 0 Å². The van der Waals surface area contributed by atoms with Crippen molar-refractivity contribution in [3.63, 3.8) is 0 Å². The van der Waals surface area contributed by atoms with Crippen molar-refractivity contribution in [2.75, 3.05) is 6.54 Å². The van der Waals surface area contributed by atoms with Crippen molar-refractivity contribution in [2.24, 2.45) is 0 Å². The van der Waals surface area contributed by atoms with Gasteiger partial charge in [-0.3, -0.25) is 12.7 Å². The zero-order valence-electron chi connectivity index (χ0n) is 7.62. The van der Waals surface area contributed by atoms with E-state index in [0.29, 0.717) is 13.0 Å². The first-order chi connectivity index (χ1) is 6.04. The molecule has 1 amide bonds. The van der Waals surface area contributed by atoms with Gasteiger partial charge in [-0.05, 0) is 12.8 Å². The first-order valence-corrected chi connectivity index (χ1v) is 5.16. The third-order valence-corrected chi connectivity index (χ3v) is 2.75. The van der Waals surface area contributed by atoms with Crippen molar-refractivity contribution in [3.05, 3.63) is 0 Å². The summed E-state index contributed by atoms with van der Waals surface area (Å²) in [5.74, 6) is -0.711. The number of rotatable bonds is 6. The molecule has 76 valence electrons. The number of carbonyl (C=O) groups excluding carboxylic acids is 1. The molecular weight excluding hydrogens is 285 g/mol. The molecule has 4 nitrogen and oxygen atoms in total. The van der Waals surface area contributed by atoms with E-state index in [1.54, 1.807) is 3.11 Å². The van der Waals surface area contributed by atoms with E-state index in [0.717, 1.165) is 12.8 Å². The monoisotopic (exact) mass is 299 g/mol. The Balaban J connectivity index is 3.26. The van der Waals surface area contributed by atoms with Crippen LogP contribution in [0.2, 0.25) is 0 Å². The standard InChI is InChI=1S/C8H14INO3/c1-7(11)10(9)6-4-2-3-5-8(12)13/h2-6H2,1H3,(H,12,13). The summed E-state index contributed by atoms with van der Waals surface area (Å²) in [7, 11) is 0. The van der Waals surface area contributed by atoms with Crippen LogP contribution in [0, 0.1) is 0 Å². The van der Waals surface area contributed by atoms with Gasteiger partial charge >= 0.3 is 5.97 Å². The number of hydrogen-bond donors (Lipinski definition) is 1. The van der Waals surface area contributed by atoms with Crippen LogP contribution in [0.25, 0.3) is 0 Å². The number of amides is 1. The minimum Gasteiger partial charge on any atom is -0.481 e. The number of carboxylic acids is 1. The zero-order chi connectivity index (χ0) is 10.3. The molecule has 0 unspecified atom stereocenters. The van der Waals surface area contributed by atoms with Crippen LogP contribution in [0.1, 0.15) is 32.6 Å². The summed E-state index contributed by atoms with van der Waals surface area (Å²) in [5, 5.41) is 8.34. The molecule has 0 saturated carbocycles. The van der Waals surface area contributed by atoms with Crippen molar-refractivity contribution in [1.29, 1.82) is 0 Å². The average molecular weight is 299 g/mol. The second-order valence-electron chi connectivity index (χ2n) is 2.81. The van der Waals surface area contributed by atoms with E-state index in [-0.39, 0.29) is 12.3 Å². The largest absolute Gasteiger partial charge is 0.481 e. The normalized spacial score (nSPS) is 9.69. The van der Waals surface area contributed by atoms with Gasteiger partial charge in [0.05, 0.1) is 22.9 Å². The highest BCUT2D eigenvalue weighted by Gasteiger charge is 2.03. The van der Waals surface area contributed by atoms with Crippen LogP contribution in [0.3, 0.4) is 0 Å². The van der Waals surface area contributed by atoms with Gasteiger partial charge in [-0.2, -0.15) is 0 Å². The Morgan fingerprint density at radius 1 is 1.31 bits per heavy atom. The topological polar surface area (TPSA) is 57.6 Å². The van der Waals surface area contributed by atoms with Crippen LogP contribution < -0.4 is 0 Å². The molecule has 5 heteroatoms. The predicted molar refractivity (Wildman–Crippen MR) is 57.5 cm³/mol. The van der Waals surface area contributed by atoms with Crippen LogP contribution in [0.5, 0.6) is 0 Å². The summed E-state index contributed by atoms with van der Waals surface area (Å²) >= 11 is 1.96. The lowest BCUT2D eigenvalue weighted by molar-refractivity contribution is -0.137. The average Bonchev–Trinajstić information content (AvgIpc) is 2.02. The van der Waals surface area contributed by atoms with Crippen LogP contribution in [-0.2, 0) is 9.59 Å². The molecule has 0 aliphatic carbocycles. The summed E-state index contributed by atoms with van der Waals surface area (Å²) < 4.78 is 1.61. The van der Waals surface area contributed by atoms with Gasteiger partial charge in [-0.15, -0.1) is 0 Å². The first-order valence-electron chi connectivity index (χ1n) is 4.19. The number of halogens is 1. The first kappa shape index (κ1) is 12.7. The SMILES string of the molecule is CC(=O)N(I)CCCCCC(=O)O. The fourth-order valence-electron chi connectivity index (χ4n) is 0.861. The summed E-state index contributed by atoms with van der Waals surface area (Å²) in [4.78, 5) is 20.9. The summed E-state index contributed by atoms with van der Waals surface area (Å²) in [5.41, 5.74) is 0. The van der Waals surface area contributed by atoms with Crippen molar-refractivity contribution in [1.82, 2.24) is 3.11 Å². The molecule has 0 bridgehead atoms. The molecule has 0 spiro atoms. The Hall–Kier alpha value is -0.330. The molecule has 0 aromatic heterocycles. The van der Waals surface area contributed by atoms with Gasteiger partial charge in [0.2, 0.25) is 5.91 Å². The molecule has 1 N–H and O–H groups in total. The second-order valence-corrected chi connectivity index (χ2v) is 3.97. The maximum atomic E-state index is 10.7. The summed E-state index contributed by atoms with van der Waals surface area (Å²) in [6, 6.07) is 0. The van der Waals surface area contributed by atoms with Crippen molar-refractivity contribution >= 4 is 34.7 Å². The third kappa shape index (κ3) is 8.01. The van der Waals surface area contributed by atoms with Gasteiger partial charge in [-0.1, -0.05) is 6.42 Å². The number of hydrogen-bond acceptors (Lipinski definition) is 2. The lowest BCUT2D eigenvalue weighted by Gasteiger charge is -2.10. The molecular formula is C8H14INO3. The van der Waals surface area contributed by atoms with Crippen molar-refractivity contribution < 1.29 is 14.7 Å². The molecule has 0 fully saturated rings. The Morgan fingerprint density at radius 2 is 1.92 bits per heavy atom. The maximum Gasteiger partial charge on any atom is 0.303 e. The van der Waals surface area contributed by atoms with Gasteiger partial charge in [0.15, 0.2) is 0 Å². The molecule has 0 aromatic rings. The van der Waals surface area contributed by atoms with E-state index in [4.69, 9.17) is 5.11 Å². The Bertz CT molecular complexity index is 184. The molecule has 13 heavy (non-hydrogen) atoms. The van der Waals surface area contributed by atoms with E-state index in [2.05, 4.69) is 0 Å². The summed E-state index contributed by atoms with van der Waals surface area (Å²) in [6.45, 7) is 2.22. The smallest absolute Gasteiger partial charge is 0.303 e. The van der Waals surface area contributed by atoms with Crippen LogP contribution in [0.15, 0.2) is 0 Å². The van der Waals surface area contributed by atoms with Gasteiger partial charge in [0, 0.05) is 19.9 Å². The molecule has 0 saturated heterocycles. The number of unbranched alkanes of at least 4 members (excludes halogenated alkanes) is 2. The minimum absolute atomic E-state index is 0.0406. The molecule has 0 aliphatic heterocycles. The van der Waals surface area contributed by atoms with Crippen LogP contribution in [0.4, 0.5) is 0 Å². The van der Waals surface area contributed by atoms with E-state index < -0.39 is 5.97 Å². The van der Waals surface area contributed by atoms with Crippen molar-refractivity contribution in [2.45, 2.75) is 32.6 Å². The highest BCUT2D eigenvalue weighted by Crippen LogP contribution is 2.05. The molecule has 0 atom stereocenters. The quantitative estimate of drug-likeness (QED) is 0.462. The second kappa shape index (κ2) is 7.11. The Labute approximate surface area is 91.8 Å². The molecule has 0 rings (SSSR count). The van der Waals surface area contributed by atoms with Gasteiger partial charge in [0.1, 0.15) is 0 Å². The van der Waals surface area contributed by atoms with Crippen LogP contribution >= 0.6 is 22.9 Å². The number of carboxylic acid groups (broad SMARTS) is 1. The van der Waals surface area contributed by atoms with Crippen LogP contribution in [-0.4, -0.2) is 26.6 Å². The molecule has 0 aromatic carbocycles. The summed E-state index contributed by atoms with van der Waals surface area (Å²) in [6.07, 6.45) is 2.65. The number of aliphatic carboxylic acids is 1. The lowest BCUT2D eigenvalue weighted by atomic mass is 10.2. The maximum absolute atomic E-state index is 10.7. The van der Waals surface area contributed by atoms with E-state index in [1.807, 2.05) is 22.9 Å². The lowest BCUT2D eigenvalue weighted by Crippen LogP contribution is -2.18. The van der Waals surface area contributed by atoms with Crippen molar-refractivity contribution in [3.8, 4) is 0 Å². The van der Waals surface area contributed by atoms with E-state index in [9.17, 15) is 9.59 Å². The minimum atomic E-state index is -0.752. The Morgan fingerprint density at radius 3 is 2.38 bits per heavy atom. The van der Waals surface area contributed by atoms with E-state index >= 15 is 0 Å². The van der Waals surface area contributed by atoms with Gasteiger partial charge in [-0.25, -0.2) is 0 Å². The highest BCUT2D eigenvalue weighted by molar-refractivity contribution is 14.1. The number of nitrogens with zero attached hydrogens (tertiary/aromatic N) is 1. The fourth-order valence-corrected chi connectivity index (χ4v) is 1.20. The zero-order valence-corrected chi connectivity index (χ0v) is 9.78. The highest BCUT2D eigenvalue weighted by atomic mass is 127. The third-order valence-electron chi connectivity index (χ3n) is 1.59. The Kier molecular flexibility index (Phi) is 6.93. The predicted octanol–water partition coefficient (Wildman–Crippen LogP) is 1.83. The number of carbonyl (C=O) groups is 2.